The van der Waals surface area contributed by atoms with Crippen molar-refractivity contribution in [1.29, 1.82) is 0 Å². The van der Waals surface area contributed by atoms with Crippen LogP contribution in [0.25, 0.3) is 0 Å². The number of unbranched alkanes of at least 4 members (excludes halogenated alkanes) is 8. The van der Waals surface area contributed by atoms with Gasteiger partial charge in [-0.2, -0.15) is 0 Å². The van der Waals surface area contributed by atoms with Gasteiger partial charge in [0.15, 0.2) is 0 Å². The molecule has 0 aromatic carbocycles. The summed E-state index contributed by atoms with van der Waals surface area (Å²) in [4.78, 5) is 47.1. The zero-order chi connectivity index (χ0) is 28.2. The third-order valence-electron chi connectivity index (χ3n) is 7.39. The van der Waals surface area contributed by atoms with Crippen LogP contribution in [0, 0.1) is 10.8 Å². The van der Waals surface area contributed by atoms with Crippen molar-refractivity contribution < 1.29 is 28.7 Å². The maximum atomic E-state index is 12.3. The molecule has 0 rings (SSSR count). The minimum atomic E-state index is -0.252. The molecule has 6 nitrogen and oxygen atoms in total. The maximum Gasteiger partial charge on any atom is 0.306 e. The fourth-order valence-corrected chi connectivity index (χ4v) is 4.58. The lowest BCUT2D eigenvalue weighted by Gasteiger charge is -2.24. The van der Waals surface area contributed by atoms with Crippen LogP contribution < -0.4 is 0 Å². The van der Waals surface area contributed by atoms with Gasteiger partial charge >= 0.3 is 11.9 Å². The molecule has 0 saturated heterocycles. The molecule has 0 fully saturated rings. The summed E-state index contributed by atoms with van der Waals surface area (Å²) in [5.74, 6) is 0.0794. The Morgan fingerprint density at radius 3 is 1.38 bits per heavy atom. The van der Waals surface area contributed by atoms with Crippen LogP contribution in [0.4, 0.5) is 0 Å². The second kappa shape index (κ2) is 20.3. The Kier molecular flexibility index (Phi) is 19.3. The summed E-state index contributed by atoms with van der Waals surface area (Å²) < 4.78 is 9.38. The topological polar surface area (TPSA) is 86.7 Å². The van der Waals surface area contributed by atoms with Gasteiger partial charge in [-0.1, -0.05) is 79.1 Å². The first-order valence-electron chi connectivity index (χ1n) is 14.6. The molecular weight excluding hydrogens is 468 g/mol. The standard InChI is InChI=1S/C31H56O6/c1-30(2,22-15-13-11-9-7-8-10-12-14-19-28(34)36-5)23-20-26(32)17-16-18-27(33)21-24-31(3,4)25-29(35)37-6/h7-25H2,1-6H3. The van der Waals surface area contributed by atoms with E-state index in [9.17, 15) is 19.2 Å². The molecule has 0 spiro atoms. The number of ether oxygens (including phenoxy) is 2. The summed E-state index contributed by atoms with van der Waals surface area (Å²) in [5.41, 5.74) is -0.0752. The van der Waals surface area contributed by atoms with E-state index in [0.29, 0.717) is 51.4 Å². The minimum Gasteiger partial charge on any atom is -0.469 e. The van der Waals surface area contributed by atoms with Gasteiger partial charge in [-0.15, -0.1) is 0 Å². The number of rotatable bonds is 24. The van der Waals surface area contributed by atoms with Crippen LogP contribution in [-0.4, -0.2) is 37.7 Å². The highest BCUT2D eigenvalue weighted by molar-refractivity contribution is 5.81. The molecule has 0 heterocycles. The van der Waals surface area contributed by atoms with Crippen molar-refractivity contribution in [1.82, 2.24) is 0 Å². The van der Waals surface area contributed by atoms with Crippen LogP contribution in [0.15, 0.2) is 0 Å². The summed E-state index contributed by atoms with van der Waals surface area (Å²) in [7, 11) is 2.82. The lowest BCUT2D eigenvalue weighted by atomic mass is 9.81. The molecule has 0 aromatic rings. The van der Waals surface area contributed by atoms with Crippen LogP contribution in [-0.2, 0) is 28.7 Å². The Morgan fingerprint density at radius 1 is 0.459 bits per heavy atom. The molecule has 0 aromatic heterocycles. The molecule has 0 radical (unpaired) electrons. The van der Waals surface area contributed by atoms with Gasteiger partial charge in [-0.05, 0) is 42.9 Å². The number of Topliss-reactive ketones (excluding diaryl/α,β-unsaturated/α-hetero) is 2. The molecule has 0 amide bonds. The molecule has 0 aliphatic carbocycles. The number of ketones is 2. The molecular formula is C31H56O6. The fourth-order valence-electron chi connectivity index (χ4n) is 4.58. The monoisotopic (exact) mass is 524 g/mol. The highest BCUT2D eigenvalue weighted by Crippen LogP contribution is 2.30. The lowest BCUT2D eigenvalue weighted by molar-refractivity contribution is -0.143. The van der Waals surface area contributed by atoms with Crippen molar-refractivity contribution in [2.45, 2.75) is 150 Å². The van der Waals surface area contributed by atoms with Gasteiger partial charge in [0.2, 0.25) is 0 Å². The van der Waals surface area contributed by atoms with E-state index in [1.165, 1.54) is 59.2 Å². The fraction of sp³-hybridized carbons (Fsp3) is 0.871. The number of carbonyl (C=O) groups excluding carboxylic acids is 4. The number of carbonyl (C=O) groups is 4. The quantitative estimate of drug-likeness (QED) is 0.0941. The van der Waals surface area contributed by atoms with E-state index < -0.39 is 0 Å². The third kappa shape index (κ3) is 22.0. The van der Waals surface area contributed by atoms with E-state index in [-0.39, 0.29) is 34.3 Å². The largest absolute Gasteiger partial charge is 0.469 e. The zero-order valence-corrected chi connectivity index (χ0v) is 24.9. The molecule has 0 atom stereocenters. The number of esters is 2. The maximum absolute atomic E-state index is 12.3. The van der Waals surface area contributed by atoms with E-state index in [1.54, 1.807) is 0 Å². The summed E-state index contributed by atoms with van der Waals surface area (Å²) in [5, 5.41) is 0. The predicted octanol–water partition coefficient (Wildman–Crippen LogP) is 7.93. The van der Waals surface area contributed by atoms with E-state index in [0.717, 1.165) is 25.7 Å². The van der Waals surface area contributed by atoms with Crippen LogP contribution in [0.5, 0.6) is 0 Å². The number of methoxy groups -OCH3 is 2. The zero-order valence-electron chi connectivity index (χ0n) is 24.9. The molecule has 0 aliphatic rings. The molecule has 0 aliphatic heterocycles. The second-order valence-corrected chi connectivity index (χ2v) is 12.3. The average Bonchev–Trinajstić information content (AvgIpc) is 2.84. The third-order valence-corrected chi connectivity index (χ3v) is 7.39. The van der Waals surface area contributed by atoms with Crippen molar-refractivity contribution in [3.63, 3.8) is 0 Å². The first kappa shape index (κ1) is 35.3. The predicted molar refractivity (Wildman–Crippen MR) is 149 cm³/mol. The minimum absolute atomic E-state index is 0.107. The van der Waals surface area contributed by atoms with Gasteiger partial charge < -0.3 is 9.47 Å². The Labute approximate surface area is 227 Å². The normalized spacial score (nSPS) is 11.8. The van der Waals surface area contributed by atoms with E-state index >= 15 is 0 Å². The summed E-state index contributed by atoms with van der Waals surface area (Å²) in [6.07, 6.45) is 16.9. The number of hydrogen-bond acceptors (Lipinski definition) is 6. The Morgan fingerprint density at radius 2 is 0.892 bits per heavy atom. The lowest BCUT2D eigenvalue weighted by Crippen LogP contribution is -2.19. The first-order chi connectivity index (χ1) is 17.4. The first-order valence-corrected chi connectivity index (χ1v) is 14.6. The molecule has 0 saturated carbocycles. The van der Waals surface area contributed by atoms with Gasteiger partial charge in [0, 0.05) is 32.1 Å². The smallest absolute Gasteiger partial charge is 0.306 e. The van der Waals surface area contributed by atoms with Gasteiger partial charge in [0.05, 0.1) is 20.6 Å². The Hall–Kier alpha value is -1.72. The molecule has 0 unspecified atom stereocenters. The van der Waals surface area contributed by atoms with Crippen molar-refractivity contribution in [3.8, 4) is 0 Å². The van der Waals surface area contributed by atoms with Crippen LogP contribution in [0.3, 0.4) is 0 Å². The molecule has 0 bridgehead atoms. The highest BCUT2D eigenvalue weighted by Gasteiger charge is 2.23. The second-order valence-electron chi connectivity index (χ2n) is 12.3. The summed E-state index contributed by atoms with van der Waals surface area (Å²) in [6, 6.07) is 0. The Bertz CT molecular complexity index is 665. The molecule has 37 heavy (non-hydrogen) atoms. The van der Waals surface area contributed by atoms with Gasteiger partial charge in [-0.25, -0.2) is 0 Å². The van der Waals surface area contributed by atoms with E-state index in [2.05, 4.69) is 18.6 Å². The van der Waals surface area contributed by atoms with E-state index in [1.807, 2.05) is 13.8 Å². The van der Waals surface area contributed by atoms with Gasteiger partial charge in [0.1, 0.15) is 11.6 Å². The summed E-state index contributed by atoms with van der Waals surface area (Å²) >= 11 is 0. The molecule has 216 valence electrons. The summed E-state index contributed by atoms with van der Waals surface area (Å²) in [6.45, 7) is 8.47. The van der Waals surface area contributed by atoms with Crippen molar-refractivity contribution in [2.75, 3.05) is 14.2 Å². The van der Waals surface area contributed by atoms with Gasteiger partial charge in [-0.3, -0.25) is 19.2 Å². The molecule has 0 N–H and O–H groups in total. The van der Waals surface area contributed by atoms with Crippen LogP contribution in [0.2, 0.25) is 0 Å². The van der Waals surface area contributed by atoms with Crippen molar-refractivity contribution in [2.24, 2.45) is 10.8 Å². The van der Waals surface area contributed by atoms with Gasteiger partial charge in [0.25, 0.3) is 0 Å². The highest BCUT2D eigenvalue weighted by atomic mass is 16.5. The van der Waals surface area contributed by atoms with Crippen LogP contribution >= 0.6 is 0 Å². The van der Waals surface area contributed by atoms with Crippen LogP contribution in [0.1, 0.15) is 150 Å². The van der Waals surface area contributed by atoms with Crippen molar-refractivity contribution >= 4 is 23.5 Å². The van der Waals surface area contributed by atoms with E-state index in [4.69, 9.17) is 4.74 Å². The number of hydrogen-bond donors (Lipinski definition) is 0. The Balaban J connectivity index is 3.78. The SMILES string of the molecule is COC(=O)CCCCCCCCCCCC(C)(C)CCC(=O)CCCC(=O)CCC(C)(C)CC(=O)OC. The average molecular weight is 525 g/mol. The molecule has 6 heteroatoms. The van der Waals surface area contributed by atoms with Crippen molar-refractivity contribution in [3.05, 3.63) is 0 Å².